The standard InChI is InChI=1S/C16H16N6O3/c1-4-5-6-25-16-15-18-9-19-22(15)8-11(20-16)13-12(24-3)7-17-14(21-13)10(2)23/h4,7-9H,1,5-6H2,2-3H3. The second-order valence-corrected chi connectivity index (χ2v) is 5.05. The van der Waals surface area contributed by atoms with E-state index in [1.165, 1.54) is 31.1 Å². The lowest BCUT2D eigenvalue weighted by molar-refractivity contribution is 0.100. The van der Waals surface area contributed by atoms with Gasteiger partial charge in [0.2, 0.25) is 5.65 Å². The van der Waals surface area contributed by atoms with Gasteiger partial charge < -0.3 is 9.47 Å². The zero-order valence-corrected chi connectivity index (χ0v) is 13.8. The van der Waals surface area contributed by atoms with Crippen LogP contribution in [0.3, 0.4) is 0 Å². The maximum atomic E-state index is 11.6. The first kappa shape index (κ1) is 16.5. The van der Waals surface area contributed by atoms with E-state index < -0.39 is 0 Å². The summed E-state index contributed by atoms with van der Waals surface area (Å²) >= 11 is 0. The molecule has 25 heavy (non-hydrogen) atoms. The van der Waals surface area contributed by atoms with Gasteiger partial charge in [-0.05, 0) is 6.42 Å². The number of aromatic nitrogens is 6. The molecular formula is C16H16N6O3. The lowest BCUT2D eigenvalue weighted by Gasteiger charge is -2.10. The predicted octanol–water partition coefficient (Wildman–Crippen LogP) is 1.75. The summed E-state index contributed by atoms with van der Waals surface area (Å²) < 4.78 is 12.5. The number of ketones is 1. The average Bonchev–Trinajstić information content (AvgIpc) is 3.10. The highest BCUT2D eigenvalue weighted by molar-refractivity contribution is 5.90. The van der Waals surface area contributed by atoms with E-state index in [-0.39, 0.29) is 11.6 Å². The molecule has 3 heterocycles. The fourth-order valence-electron chi connectivity index (χ4n) is 2.12. The van der Waals surface area contributed by atoms with Gasteiger partial charge in [0.05, 0.1) is 26.1 Å². The lowest BCUT2D eigenvalue weighted by Crippen LogP contribution is -2.07. The Morgan fingerprint density at radius 1 is 1.36 bits per heavy atom. The molecule has 3 aromatic rings. The smallest absolute Gasteiger partial charge is 0.260 e. The van der Waals surface area contributed by atoms with Crippen LogP contribution in [0.25, 0.3) is 17.0 Å². The molecule has 0 fully saturated rings. The third kappa shape index (κ3) is 3.30. The average molecular weight is 340 g/mol. The number of hydrogen-bond donors (Lipinski definition) is 0. The summed E-state index contributed by atoms with van der Waals surface area (Å²) in [5.41, 5.74) is 1.27. The molecule has 0 bridgehead atoms. The minimum Gasteiger partial charge on any atom is -0.493 e. The van der Waals surface area contributed by atoms with E-state index >= 15 is 0 Å². The second-order valence-electron chi connectivity index (χ2n) is 5.05. The largest absolute Gasteiger partial charge is 0.493 e. The Kier molecular flexibility index (Phi) is 4.64. The van der Waals surface area contributed by atoms with Crippen LogP contribution in [0.5, 0.6) is 11.6 Å². The van der Waals surface area contributed by atoms with Crippen LogP contribution >= 0.6 is 0 Å². The first-order chi connectivity index (χ1) is 12.1. The molecule has 3 rings (SSSR count). The van der Waals surface area contributed by atoms with E-state index in [0.29, 0.717) is 41.7 Å². The van der Waals surface area contributed by atoms with Crippen molar-refractivity contribution < 1.29 is 14.3 Å². The monoisotopic (exact) mass is 340 g/mol. The highest BCUT2D eigenvalue weighted by Crippen LogP contribution is 2.28. The van der Waals surface area contributed by atoms with Crippen molar-refractivity contribution in [3.05, 3.63) is 37.2 Å². The first-order valence-electron chi connectivity index (χ1n) is 7.50. The van der Waals surface area contributed by atoms with E-state index in [1.54, 1.807) is 12.3 Å². The van der Waals surface area contributed by atoms with Crippen molar-refractivity contribution in [2.24, 2.45) is 0 Å². The fraction of sp³-hybridized carbons (Fsp3) is 0.250. The Labute approximate surface area is 143 Å². The van der Waals surface area contributed by atoms with Crippen LogP contribution in [0.15, 0.2) is 31.4 Å². The summed E-state index contributed by atoms with van der Waals surface area (Å²) in [4.78, 5) is 28.4. The number of carbonyl (C=O) groups is 1. The Balaban J connectivity index is 2.13. The number of methoxy groups -OCH3 is 1. The van der Waals surface area contributed by atoms with Crippen molar-refractivity contribution in [1.29, 1.82) is 0 Å². The highest BCUT2D eigenvalue weighted by Gasteiger charge is 2.17. The maximum Gasteiger partial charge on any atom is 0.260 e. The van der Waals surface area contributed by atoms with Crippen LogP contribution in [0.1, 0.15) is 24.0 Å². The van der Waals surface area contributed by atoms with E-state index in [9.17, 15) is 4.79 Å². The minimum atomic E-state index is -0.256. The van der Waals surface area contributed by atoms with Gasteiger partial charge in [0, 0.05) is 6.92 Å². The van der Waals surface area contributed by atoms with E-state index in [0.717, 1.165) is 0 Å². The number of rotatable bonds is 7. The molecule has 0 saturated carbocycles. The SMILES string of the molecule is C=CCCOc1nc(-c2nc(C(C)=O)ncc2OC)cn2ncnc12. The number of Topliss-reactive ketones (excluding diaryl/α,β-unsaturated/α-hetero) is 1. The van der Waals surface area contributed by atoms with Gasteiger partial charge in [0.1, 0.15) is 17.7 Å². The lowest BCUT2D eigenvalue weighted by atomic mass is 10.2. The van der Waals surface area contributed by atoms with Crippen molar-refractivity contribution >= 4 is 11.4 Å². The van der Waals surface area contributed by atoms with Crippen molar-refractivity contribution in [1.82, 2.24) is 29.5 Å². The van der Waals surface area contributed by atoms with Crippen LogP contribution < -0.4 is 9.47 Å². The highest BCUT2D eigenvalue weighted by atomic mass is 16.5. The van der Waals surface area contributed by atoms with Gasteiger partial charge in [-0.15, -0.1) is 6.58 Å². The van der Waals surface area contributed by atoms with Crippen LogP contribution in [0, 0.1) is 0 Å². The summed E-state index contributed by atoms with van der Waals surface area (Å²) in [6.07, 6.45) is 6.89. The van der Waals surface area contributed by atoms with Crippen molar-refractivity contribution in [2.75, 3.05) is 13.7 Å². The van der Waals surface area contributed by atoms with Crippen molar-refractivity contribution in [3.8, 4) is 23.0 Å². The molecule has 9 nitrogen and oxygen atoms in total. The van der Waals surface area contributed by atoms with Crippen LogP contribution in [0.4, 0.5) is 0 Å². The molecule has 0 spiro atoms. The molecule has 3 aromatic heterocycles. The Hall–Kier alpha value is -3.36. The number of nitrogens with zero attached hydrogens (tertiary/aromatic N) is 6. The van der Waals surface area contributed by atoms with Gasteiger partial charge in [0.25, 0.3) is 5.88 Å². The van der Waals surface area contributed by atoms with Crippen LogP contribution in [0.2, 0.25) is 0 Å². The Morgan fingerprint density at radius 2 is 2.20 bits per heavy atom. The van der Waals surface area contributed by atoms with E-state index in [2.05, 4.69) is 31.6 Å². The molecule has 0 atom stereocenters. The second kappa shape index (κ2) is 7.04. The van der Waals surface area contributed by atoms with Gasteiger partial charge in [0.15, 0.2) is 17.4 Å². The topological polar surface area (TPSA) is 104 Å². The molecule has 9 heteroatoms. The minimum absolute atomic E-state index is 0.0745. The quantitative estimate of drug-likeness (QED) is 0.364. The van der Waals surface area contributed by atoms with Gasteiger partial charge >= 0.3 is 0 Å². The van der Waals surface area contributed by atoms with Crippen LogP contribution in [-0.4, -0.2) is 49.0 Å². The molecule has 0 amide bonds. The number of hydrogen-bond acceptors (Lipinski definition) is 8. The summed E-state index contributed by atoms with van der Waals surface area (Å²) in [7, 11) is 1.49. The Bertz CT molecular complexity index is 937. The third-order valence-electron chi connectivity index (χ3n) is 3.32. The number of carbonyl (C=O) groups excluding carboxylic acids is 1. The molecule has 0 saturated heterocycles. The normalized spacial score (nSPS) is 10.6. The van der Waals surface area contributed by atoms with E-state index in [1.807, 2.05) is 0 Å². The molecule has 0 aliphatic rings. The van der Waals surface area contributed by atoms with Gasteiger partial charge in [-0.25, -0.2) is 24.5 Å². The van der Waals surface area contributed by atoms with Gasteiger partial charge in [-0.1, -0.05) is 6.08 Å². The summed E-state index contributed by atoms with van der Waals surface area (Å²) in [6, 6.07) is 0. The molecule has 128 valence electrons. The van der Waals surface area contributed by atoms with Crippen molar-refractivity contribution in [3.63, 3.8) is 0 Å². The molecule has 0 aromatic carbocycles. The molecule has 0 N–H and O–H groups in total. The molecular weight excluding hydrogens is 324 g/mol. The fourth-order valence-corrected chi connectivity index (χ4v) is 2.12. The van der Waals surface area contributed by atoms with Gasteiger partial charge in [-0.3, -0.25) is 4.79 Å². The maximum absolute atomic E-state index is 11.6. The predicted molar refractivity (Wildman–Crippen MR) is 88.7 cm³/mol. The van der Waals surface area contributed by atoms with Crippen LogP contribution in [-0.2, 0) is 0 Å². The third-order valence-corrected chi connectivity index (χ3v) is 3.32. The molecule has 0 radical (unpaired) electrons. The molecule has 0 aliphatic carbocycles. The zero-order chi connectivity index (χ0) is 17.8. The summed E-state index contributed by atoms with van der Waals surface area (Å²) in [5, 5.41) is 4.12. The summed E-state index contributed by atoms with van der Waals surface area (Å²) in [5.74, 6) is 0.509. The summed E-state index contributed by atoms with van der Waals surface area (Å²) in [6.45, 7) is 5.46. The van der Waals surface area contributed by atoms with Gasteiger partial charge in [-0.2, -0.15) is 5.10 Å². The first-order valence-corrected chi connectivity index (χ1v) is 7.50. The number of fused-ring (bicyclic) bond motifs is 1. The van der Waals surface area contributed by atoms with E-state index in [4.69, 9.17) is 9.47 Å². The molecule has 0 aliphatic heterocycles. The Morgan fingerprint density at radius 3 is 2.92 bits per heavy atom. The van der Waals surface area contributed by atoms with Crippen molar-refractivity contribution in [2.45, 2.75) is 13.3 Å². The molecule has 0 unspecified atom stereocenters. The number of ether oxygens (including phenoxy) is 2. The zero-order valence-electron chi connectivity index (χ0n) is 13.8.